The van der Waals surface area contributed by atoms with E-state index in [9.17, 15) is 9.59 Å². The number of pyridine rings is 1. The number of nitrogens with one attached hydrogen (secondary N) is 1. The number of hydrogen-bond acceptors (Lipinski definition) is 4. The van der Waals surface area contributed by atoms with Crippen LogP contribution >= 0.6 is 0 Å². The Morgan fingerprint density at radius 1 is 1.33 bits per heavy atom. The molecule has 6 heteroatoms. The average molecular weight is 325 g/mol. The number of aromatic nitrogens is 1. The van der Waals surface area contributed by atoms with Gasteiger partial charge < -0.3 is 15.0 Å². The summed E-state index contributed by atoms with van der Waals surface area (Å²) in [6, 6.07) is 11.0. The van der Waals surface area contributed by atoms with Gasteiger partial charge in [-0.05, 0) is 36.8 Å². The second-order valence-electron chi connectivity index (χ2n) is 5.78. The summed E-state index contributed by atoms with van der Waals surface area (Å²) in [6.07, 6.45) is 1.82. The Morgan fingerprint density at radius 3 is 2.88 bits per heavy atom. The van der Waals surface area contributed by atoms with Gasteiger partial charge in [0.2, 0.25) is 11.8 Å². The molecule has 6 nitrogen and oxygen atoms in total. The molecule has 0 radical (unpaired) electrons. The first-order valence-corrected chi connectivity index (χ1v) is 7.75. The van der Waals surface area contributed by atoms with Crippen LogP contribution < -0.4 is 15.0 Å². The number of hydrogen-bond donors (Lipinski definition) is 1. The number of para-hydroxylation sites is 2. The van der Waals surface area contributed by atoms with Gasteiger partial charge in [0.1, 0.15) is 11.6 Å². The third-order valence-corrected chi connectivity index (χ3v) is 4.04. The van der Waals surface area contributed by atoms with E-state index in [1.807, 2.05) is 31.2 Å². The summed E-state index contributed by atoms with van der Waals surface area (Å²) in [5, 5.41) is 2.79. The highest BCUT2D eigenvalue weighted by Gasteiger charge is 2.36. The maximum atomic E-state index is 12.4. The lowest BCUT2D eigenvalue weighted by Gasteiger charge is -2.19. The van der Waals surface area contributed by atoms with E-state index in [1.54, 1.807) is 30.3 Å². The molecule has 1 fully saturated rings. The molecule has 124 valence electrons. The third-order valence-electron chi connectivity index (χ3n) is 4.04. The van der Waals surface area contributed by atoms with Gasteiger partial charge in [0.05, 0.1) is 18.7 Å². The first kappa shape index (κ1) is 16.0. The van der Waals surface area contributed by atoms with E-state index in [4.69, 9.17) is 4.74 Å². The Morgan fingerprint density at radius 2 is 2.12 bits per heavy atom. The number of anilines is 2. The molecule has 2 amide bonds. The van der Waals surface area contributed by atoms with Gasteiger partial charge in [0, 0.05) is 19.2 Å². The van der Waals surface area contributed by atoms with E-state index in [0.29, 0.717) is 23.8 Å². The predicted octanol–water partition coefficient (Wildman–Crippen LogP) is 2.39. The van der Waals surface area contributed by atoms with Gasteiger partial charge in [-0.3, -0.25) is 9.59 Å². The monoisotopic (exact) mass is 325 g/mol. The minimum Gasteiger partial charge on any atom is -0.495 e. The third kappa shape index (κ3) is 3.22. The molecule has 1 aromatic heterocycles. The van der Waals surface area contributed by atoms with E-state index in [-0.39, 0.29) is 18.2 Å². The minimum absolute atomic E-state index is 0.0862. The molecule has 0 aliphatic carbocycles. The quantitative estimate of drug-likeness (QED) is 0.937. The first-order valence-electron chi connectivity index (χ1n) is 7.75. The van der Waals surface area contributed by atoms with Crippen LogP contribution in [0.25, 0.3) is 0 Å². The standard InChI is InChI=1S/C18H19N3O3/c1-12-7-8-19-16(9-12)20-18(23)13-10-17(22)21(11-13)14-5-3-4-6-15(14)24-2/h3-9,13H,10-11H2,1-2H3,(H,19,20,23)/t13-/m1/s1. The van der Waals surface area contributed by atoms with Crippen molar-refractivity contribution in [3.8, 4) is 5.75 Å². The van der Waals surface area contributed by atoms with Crippen molar-refractivity contribution >= 4 is 23.3 Å². The van der Waals surface area contributed by atoms with Crippen molar-refractivity contribution in [2.45, 2.75) is 13.3 Å². The second kappa shape index (κ2) is 6.70. The molecule has 2 aromatic rings. The van der Waals surface area contributed by atoms with E-state index >= 15 is 0 Å². The maximum absolute atomic E-state index is 12.4. The van der Waals surface area contributed by atoms with E-state index in [0.717, 1.165) is 5.56 Å². The van der Waals surface area contributed by atoms with Crippen molar-refractivity contribution in [2.24, 2.45) is 5.92 Å². The first-order chi connectivity index (χ1) is 11.6. The topological polar surface area (TPSA) is 71.5 Å². The molecule has 1 aliphatic heterocycles. The lowest BCUT2D eigenvalue weighted by Crippen LogP contribution is -2.28. The van der Waals surface area contributed by atoms with Crippen LogP contribution in [-0.2, 0) is 9.59 Å². The zero-order chi connectivity index (χ0) is 17.1. The molecule has 0 unspecified atom stereocenters. The van der Waals surface area contributed by atoms with Crippen molar-refractivity contribution in [1.29, 1.82) is 0 Å². The van der Waals surface area contributed by atoms with Gasteiger partial charge in [-0.15, -0.1) is 0 Å². The molecule has 1 aliphatic rings. The SMILES string of the molecule is COc1ccccc1N1C[C@H](C(=O)Nc2cc(C)ccn2)CC1=O. The highest BCUT2D eigenvalue weighted by Crippen LogP contribution is 2.33. The fourth-order valence-corrected chi connectivity index (χ4v) is 2.80. The van der Waals surface area contributed by atoms with Crippen molar-refractivity contribution in [3.63, 3.8) is 0 Å². The number of aryl methyl sites for hydroxylation is 1. The smallest absolute Gasteiger partial charge is 0.230 e. The highest BCUT2D eigenvalue weighted by molar-refractivity contribution is 6.04. The molecular formula is C18H19N3O3. The number of benzene rings is 1. The number of carbonyl (C=O) groups is 2. The van der Waals surface area contributed by atoms with Gasteiger partial charge in [-0.1, -0.05) is 12.1 Å². The number of ether oxygens (including phenoxy) is 1. The van der Waals surface area contributed by atoms with Crippen LogP contribution in [0.5, 0.6) is 5.75 Å². The highest BCUT2D eigenvalue weighted by atomic mass is 16.5. The number of nitrogens with zero attached hydrogens (tertiary/aromatic N) is 2. The van der Waals surface area contributed by atoms with Crippen LogP contribution in [0.1, 0.15) is 12.0 Å². The molecule has 1 aromatic carbocycles. The van der Waals surface area contributed by atoms with Crippen molar-refractivity contribution < 1.29 is 14.3 Å². The van der Waals surface area contributed by atoms with Crippen LogP contribution in [0.15, 0.2) is 42.6 Å². The summed E-state index contributed by atoms with van der Waals surface area (Å²) < 4.78 is 5.31. The van der Waals surface area contributed by atoms with Gasteiger partial charge in [-0.25, -0.2) is 4.98 Å². The molecule has 1 atom stereocenters. The van der Waals surface area contributed by atoms with Crippen molar-refractivity contribution in [3.05, 3.63) is 48.2 Å². The summed E-state index contributed by atoms with van der Waals surface area (Å²) in [5.41, 5.74) is 1.70. The van der Waals surface area contributed by atoms with Crippen LogP contribution in [0, 0.1) is 12.8 Å². The molecular weight excluding hydrogens is 306 g/mol. The largest absolute Gasteiger partial charge is 0.495 e. The van der Waals surface area contributed by atoms with Crippen LogP contribution in [0.3, 0.4) is 0 Å². The van der Waals surface area contributed by atoms with Crippen LogP contribution in [-0.4, -0.2) is 30.5 Å². The van der Waals surface area contributed by atoms with E-state index < -0.39 is 5.92 Å². The van der Waals surface area contributed by atoms with E-state index in [1.165, 1.54) is 0 Å². The summed E-state index contributed by atoms with van der Waals surface area (Å²) in [5.74, 6) is 0.427. The number of rotatable bonds is 4. The lowest BCUT2D eigenvalue weighted by molar-refractivity contribution is -0.122. The molecule has 0 saturated carbocycles. The molecule has 2 heterocycles. The van der Waals surface area contributed by atoms with E-state index in [2.05, 4.69) is 10.3 Å². The Labute approximate surface area is 140 Å². The molecule has 24 heavy (non-hydrogen) atoms. The minimum atomic E-state index is -0.412. The zero-order valence-corrected chi connectivity index (χ0v) is 13.7. The van der Waals surface area contributed by atoms with Gasteiger partial charge in [0.15, 0.2) is 0 Å². The summed E-state index contributed by atoms with van der Waals surface area (Å²) in [6.45, 7) is 2.26. The Kier molecular flexibility index (Phi) is 4.46. The van der Waals surface area contributed by atoms with Crippen molar-refractivity contribution in [2.75, 3.05) is 23.9 Å². The second-order valence-corrected chi connectivity index (χ2v) is 5.78. The molecule has 0 spiro atoms. The Bertz CT molecular complexity index is 776. The molecule has 0 bridgehead atoms. The number of amides is 2. The average Bonchev–Trinajstić information content (AvgIpc) is 2.96. The van der Waals surface area contributed by atoms with Gasteiger partial charge in [0.25, 0.3) is 0 Å². The van der Waals surface area contributed by atoms with Gasteiger partial charge >= 0.3 is 0 Å². The lowest BCUT2D eigenvalue weighted by atomic mass is 10.1. The normalized spacial score (nSPS) is 17.0. The Balaban J connectivity index is 1.73. The summed E-state index contributed by atoms with van der Waals surface area (Å²) >= 11 is 0. The summed E-state index contributed by atoms with van der Waals surface area (Å²) in [7, 11) is 1.56. The summed E-state index contributed by atoms with van der Waals surface area (Å²) in [4.78, 5) is 30.5. The van der Waals surface area contributed by atoms with Crippen LogP contribution in [0.4, 0.5) is 11.5 Å². The fraction of sp³-hybridized carbons (Fsp3) is 0.278. The zero-order valence-electron chi connectivity index (χ0n) is 13.7. The van der Waals surface area contributed by atoms with Crippen LogP contribution in [0.2, 0.25) is 0 Å². The predicted molar refractivity (Wildman–Crippen MR) is 91.1 cm³/mol. The molecule has 1 saturated heterocycles. The molecule has 3 rings (SSSR count). The molecule has 1 N–H and O–H groups in total. The Hall–Kier alpha value is -2.89. The van der Waals surface area contributed by atoms with Crippen molar-refractivity contribution in [1.82, 2.24) is 4.98 Å². The number of methoxy groups -OCH3 is 1. The number of carbonyl (C=O) groups excluding carboxylic acids is 2. The fourth-order valence-electron chi connectivity index (χ4n) is 2.80. The van der Waals surface area contributed by atoms with Gasteiger partial charge in [-0.2, -0.15) is 0 Å². The maximum Gasteiger partial charge on any atom is 0.230 e.